The standard InChI is InChI=1S/C17H23NO3/c1-17(2,3)21-16(20)18-15-7-6-13-5-4-12(8-9-19)10-14(13)11-15/h4-5,9-10,15H,6-8,11H2,1-3H3,(H,18,20). The van der Waals surface area contributed by atoms with Crippen LogP contribution in [-0.2, 0) is 28.8 Å². The number of carbonyl (C=O) groups is 2. The van der Waals surface area contributed by atoms with E-state index < -0.39 is 5.60 Å². The minimum atomic E-state index is -0.478. The van der Waals surface area contributed by atoms with Crippen molar-refractivity contribution in [3.8, 4) is 0 Å². The summed E-state index contributed by atoms with van der Waals surface area (Å²) in [6, 6.07) is 6.28. The predicted octanol–water partition coefficient (Wildman–Crippen LogP) is 2.81. The molecule has 0 bridgehead atoms. The molecule has 1 aromatic rings. The van der Waals surface area contributed by atoms with E-state index in [1.54, 1.807) is 0 Å². The van der Waals surface area contributed by atoms with Crippen LogP contribution >= 0.6 is 0 Å². The summed E-state index contributed by atoms with van der Waals surface area (Å²) in [5, 5.41) is 2.94. The van der Waals surface area contributed by atoms with Crippen LogP contribution in [0.4, 0.5) is 4.79 Å². The van der Waals surface area contributed by atoms with Crippen LogP contribution in [0.15, 0.2) is 18.2 Å². The van der Waals surface area contributed by atoms with Gasteiger partial charge in [0.2, 0.25) is 0 Å². The van der Waals surface area contributed by atoms with Gasteiger partial charge >= 0.3 is 6.09 Å². The lowest BCUT2D eigenvalue weighted by Crippen LogP contribution is -2.41. The van der Waals surface area contributed by atoms with Crippen molar-refractivity contribution in [1.82, 2.24) is 5.32 Å². The Kier molecular flexibility index (Phi) is 4.66. The molecule has 114 valence electrons. The van der Waals surface area contributed by atoms with Gasteiger partial charge in [-0.3, -0.25) is 0 Å². The highest BCUT2D eigenvalue weighted by molar-refractivity contribution is 5.68. The van der Waals surface area contributed by atoms with Crippen LogP contribution in [0.3, 0.4) is 0 Å². The molecule has 0 saturated carbocycles. The molecule has 0 heterocycles. The van der Waals surface area contributed by atoms with Crippen LogP contribution in [-0.4, -0.2) is 24.0 Å². The molecule has 1 N–H and O–H groups in total. The summed E-state index contributed by atoms with van der Waals surface area (Å²) in [7, 11) is 0. The summed E-state index contributed by atoms with van der Waals surface area (Å²) >= 11 is 0. The van der Waals surface area contributed by atoms with Crippen molar-refractivity contribution in [3.63, 3.8) is 0 Å². The van der Waals surface area contributed by atoms with Crippen LogP contribution in [0, 0.1) is 0 Å². The van der Waals surface area contributed by atoms with Crippen LogP contribution < -0.4 is 5.32 Å². The molecule has 4 heteroatoms. The lowest BCUT2D eigenvalue weighted by molar-refractivity contribution is -0.107. The number of aryl methyl sites for hydroxylation is 1. The van der Waals surface area contributed by atoms with Gasteiger partial charge in [0.05, 0.1) is 0 Å². The van der Waals surface area contributed by atoms with Gasteiger partial charge in [-0.05, 0) is 56.7 Å². The number of alkyl carbamates (subject to hydrolysis) is 1. The lowest BCUT2D eigenvalue weighted by Gasteiger charge is -2.27. The molecule has 2 rings (SSSR count). The number of nitrogens with one attached hydrogen (secondary N) is 1. The highest BCUT2D eigenvalue weighted by Crippen LogP contribution is 2.23. The van der Waals surface area contributed by atoms with Gasteiger partial charge in [-0.15, -0.1) is 0 Å². The van der Waals surface area contributed by atoms with Crippen molar-refractivity contribution in [3.05, 3.63) is 34.9 Å². The summed E-state index contributed by atoms with van der Waals surface area (Å²) in [6.07, 6.45) is 3.65. The Bertz CT molecular complexity index is 531. The maximum atomic E-state index is 11.8. The summed E-state index contributed by atoms with van der Waals surface area (Å²) in [5.41, 5.74) is 3.09. The number of carbonyl (C=O) groups excluding carboxylic acids is 2. The Morgan fingerprint density at radius 3 is 2.81 bits per heavy atom. The maximum absolute atomic E-state index is 11.8. The fraction of sp³-hybridized carbons (Fsp3) is 0.529. The minimum Gasteiger partial charge on any atom is -0.444 e. The summed E-state index contributed by atoms with van der Waals surface area (Å²) < 4.78 is 5.29. The second kappa shape index (κ2) is 6.29. The molecule has 4 nitrogen and oxygen atoms in total. The van der Waals surface area contributed by atoms with Crippen molar-refractivity contribution >= 4 is 12.4 Å². The van der Waals surface area contributed by atoms with Crippen molar-refractivity contribution in [2.24, 2.45) is 0 Å². The van der Waals surface area contributed by atoms with Gasteiger partial charge in [-0.25, -0.2) is 4.79 Å². The van der Waals surface area contributed by atoms with E-state index in [9.17, 15) is 9.59 Å². The number of ether oxygens (including phenoxy) is 1. The fourth-order valence-corrected chi connectivity index (χ4v) is 2.63. The molecule has 1 unspecified atom stereocenters. The zero-order chi connectivity index (χ0) is 15.5. The van der Waals surface area contributed by atoms with Gasteiger partial charge in [0, 0.05) is 12.5 Å². The van der Waals surface area contributed by atoms with Crippen molar-refractivity contribution in [2.45, 2.75) is 58.1 Å². The van der Waals surface area contributed by atoms with Gasteiger partial charge in [0.25, 0.3) is 0 Å². The van der Waals surface area contributed by atoms with E-state index in [1.165, 1.54) is 11.1 Å². The van der Waals surface area contributed by atoms with E-state index in [0.29, 0.717) is 6.42 Å². The smallest absolute Gasteiger partial charge is 0.407 e. The first-order chi connectivity index (χ1) is 9.87. The monoisotopic (exact) mass is 289 g/mol. The van der Waals surface area contributed by atoms with Crippen molar-refractivity contribution < 1.29 is 14.3 Å². The Balaban J connectivity index is 1.99. The van der Waals surface area contributed by atoms with Crippen LogP contribution in [0.2, 0.25) is 0 Å². The summed E-state index contributed by atoms with van der Waals surface area (Å²) in [6.45, 7) is 5.57. The second-order valence-electron chi connectivity index (χ2n) is 6.56. The zero-order valence-electron chi connectivity index (χ0n) is 12.9. The van der Waals surface area contributed by atoms with E-state index in [-0.39, 0.29) is 12.1 Å². The topological polar surface area (TPSA) is 55.4 Å². The van der Waals surface area contributed by atoms with Crippen LogP contribution in [0.25, 0.3) is 0 Å². The quantitative estimate of drug-likeness (QED) is 0.871. The van der Waals surface area contributed by atoms with Crippen LogP contribution in [0.1, 0.15) is 43.9 Å². The van der Waals surface area contributed by atoms with Gasteiger partial charge in [0.15, 0.2) is 0 Å². The van der Waals surface area contributed by atoms with Gasteiger partial charge in [-0.2, -0.15) is 0 Å². The third-order valence-electron chi connectivity index (χ3n) is 3.54. The van der Waals surface area contributed by atoms with Crippen LogP contribution in [0.5, 0.6) is 0 Å². The predicted molar refractivity (Wildman–Crippen MR) is 81.4 cm³/mol. The Hall–Kier alpha value is -1.84. The molecular weight excluding hydrogens is 266 g/mol. The first kappa shape index (κ1) is 15.5. The molecule has 0 saturated heterocycles. The van der Waals surface area contributed by atoms with Gasteiger partial charge in [-0.1, -0.05) is 18.2 Å². The van der Waals surface area contributed by atoms with E-state index in [0.717, 1.165) is 31.1 Å². The highest BCUT2D eigenvalue weighted by Gasteiger charge is 2.23. The molecule has 1 aliphatic rings. The minimum absolute atomic E-state index is 0.0961. The van der Waals surface area contributed by atoms with Crippen molar-refractivity contribution in [1.29, 1.82) is 0 Å². The molecule has 1 aliphatic carbocycles. The number of benzene rings is 1. The highest BCUT2D eigenvalue weighted by atomic mass is 16.6. The average molecular weight is 289 g/mol. The second-order valence-corrected chi connectivity index (χ2v) is 6.56. The van der Waals surface area contributed by atoms with E-state index in [4.69, 9.17) is 4.74 Å². The van der Waals surface area contributed by atoms with Gasteiger partial charge < -0.3 is 14.8 Å². The largest absolute Gasteiger partial charge is 0.444 e. The molecule has 1 aromatic carbocycles. The fourth-order valence-electron chi connectivity index (χ4n) is 2.63. The number of hydrogen-bond donors (Lipinski definition) is 1. The first-order valence-electron chi connectivity index (χ1n) is 7.41. The summed E-state index contributed by atoms with van der Waals surface area (Å²) in [5.74, 6) is 0. The first-order valence-corrected chi connectivity index (χ1v) is 7.41. The molecule has 1 atom stereocenters. The van der Waals surface area contributed by atoms with E-state index >= 15 is 0 Å². The Morgan fingerprint density at radius 2 is 2.14 bits per heavy atom. The zero-order valence-corrected chi connectivity index (χ0v) is 12.9. The number of amides is 1. The normalized spacial score (nSPS) is 17.8. The molecule has 0 radical (unpaired) electrons. The maximum Gasteiger partial charge on any atom is 0.407 e. The Morgan fingerprint density at radius 1 is 1.38 bits per heavy atom. The lowest BCUT2D eigenvalue weighted by atomic mass is 9.87. The molecule has 0 aliphatic heterocycles. The molecule has 0 fully saturated rings. The summed E-state index contributed by atoms with van der Waals surface area (Å²) in [4.78, 5) is 22.4. The molecule has 0 aromatic heterocycles. The third-order valence-corrected chi connectivity index (χ3v) is 3.54. The van der Waals surface area contributed by atoms with Gasteiger partial charge in [0.1, 0.15) is 11.9 Å². The Labute approximate surface area is 125 Å². The number of aldehydes is 1. The van der Waals surface area contributed by atoms with E-state index in [2.05, 4.69) is 17.4 Å². The molecule has 21 heavy (non-hydrogen) atoms. The number of hydrogen-bond acceptors (Lipinski definition) is 3. The third kappa shape index (κ3) is 4.59. The molecular formula is C17H23NO3. The van der Waals surface area contributed by atoms with E-state index in [1.807, 2.05) is 26.8 Å². The van der Waals surface area contributed by atoms with Crippen molar-refractivity contribution in [2.75, 3.05) is 0 Å². The molecule has 1 amide bonds. The number of fused-ring (bicyclic) bond motifs is 1. The SMILES string of the molecule is CC(C)(C)OC(=O)NC1CCc2ccc(CC=O)cc2C1. The molecule has 0 spiro atoms. The average Bonchev–Trinajstić information content (AvgIpc) is 2.36. The number of rotatable bonds is 3.